The Labute approximate surface area is 133 Å². The van der Waals surface area contributed by atoms with Crippen LogP contribution >= 0.6 is 0 Å². The minimum atomic E-state index is 0.135. The molecule has 22 heavy (non-hydrogen) atoms. The summed E-state index contributed by atoms with van der Waals surface area (Å²) < 4.78 is 0. The Morgan fingerprint density at radius 2 is 1.91 bits per heavy atom. The van der Waals surface area contributed by atoms with Gasteiger partial charge in [0.05, 0.1) is 0 Å². The fourth-order valence-corrected chi connectivity index (χ4v) is 4.62. The van der Waals surface area contributed by atoms with Gasteiger partial charge < -0.3 is 20.6 Å². The van der Waals surface area contributed by atoms with E-state index >= 15 is 0 Å². The fraction of sp³-hybridized carbons (Fsp3) is 0.941. The average molecular weight is 309 g/mol. The highest BCUT2D eigenvalue weighted by atomic mass is 16.3. The molecule has 0 aromatic rings. The van der Waals surface area contributed by atoms with Crippen LogP contribution in [-0.4, -0.2) is 54.9 Å². The lowest BCUT2D eigenvalue weighted by molar-refractivity contribution is 0.00473. The second-order valence-corrected chi connectivity index (χ2v) is 7.47. The van der Waals surface area contributed by atoms with Crippen LogP contribution in [0.1, 0.15) is 51.4 Å². The van der Waals surface area contributed by atoms with Crippen LogP contribution in [0.25, 0.3) is 0 Å². The van der Waals surface area contributed by atoms with Crippen molar-refractivity contribution in [3.63, 3.8) is 0 Å². The maximum Gasteiger partial charge on any atom is 0.317 e. The van der Waals surface area contributed by atoms with Crippen LogP contribution in [0, 0.1) is 11.3 Å². The zero-order valence-electron chi connectivity index (χ0n) is 13.6. The van der Waals surface area contributed by atoms with E-state index in [9.17, 15) is 9.90 Å². The van der Waals surface area contributed by atoms with Crippen molar-refractivity contribution in [1.29, 1.82) is 0 Å². The van der Waals surface area contributed by atoms with E-state index in [1.807, 2.05) is 4.90 Å². The van der Waals surface area contributed by atoms with Gasteiger partial charge in [-0.2, -0.15) is 0 Å². The van der Waals surface area contributed by atoms with Gasteiger partial charge in [0.15, 0.2) is 0 Å². The van der Waals surface area contributed by atoms with E-state index in [1.165, 1.54) is 19.3 Å². The summed E-state index contributed by atoms with van der Waals surface area (Å²) in [5, 5.41) is 16.3. The maximum atomic E-state index is 12.4. The van der Waals surface area contributed by atoms with Gasteiger partial charge in [-0.05, 0) is 44.1 Å². The number of likely N-dealkylation sites (tertiary alicyclic amines) is 1. The third-order valence-electron chi connectivity index (χ3n) is 6.26. The largest absolute Gasteiger partial charge is 0.396 e. The van der Waals surface area contributed by atoms with E-state index in [0.29, 0.717) is 12.0 Å². The SMILES string of the molecule is O=C(NC1CCCCC1)N1CCC2(CCNC[C@@H]2CO)CC1. The number of aliphatic hydroxyl groups is 1. The Kier molecular flexibility index (Phi) is 5.24. The minimum absolute atomic E-state index is 0.135. The van der Waals surface area contributed by atoms with Crippen molar-refractivity contribution in [3.8, 4) is 0 Å². The first-order valence-corrected chi connectivity index (χ1v) is 9.10. The van der Waals surface area contributed by atoms with Crippen molar-refractivity contribution in [2.75, 3.05) is 32.8 Å². The molecule has 5 nitrogen and oxygen atoms in total. The molecule has 3 aliphatic rings. The molecular formula is C17H31N3O2. The molecular weight excluding hydrogens is 278 g/mol. The smallest absolute Gasteiger partial charge is 0.317 e. The number of nitrogens with zero attached hydrogens (tertiary/aromatic N) is 1. The van der Waals surface area contributed by atoms with E-state index in [2.05, 4.69) is 10.6 Å². The average Bonchev–Trinajstić information content (AvgIpc) is 2.57. The summed E-state index contributed by atoms with van der Waals surface area (Å²) in [6.45, 7) is 3.92. The molecule has 2 heterocycles. The number of carbonyl (C=O) groups is 1. The lowest BCUT2D eigenvalue weighted by atomic mass is 9.65. The van der Waals surface area contributed by atoms with E-state index in [-0.39, 0.29) is 18.1 Å². The first-order valence-electron chi connectivity index (χ1n) is 9.10. The van der Waals surface area contributed by atoms with Gasteiger partial charge in [-0.15, -0.1) is 0 Å². The van der Waals surface area contributed by atoms with E-state index in [0.717, 1.165) is 58.3 Å². The zero-order chi connectivity index (χ0) is 15.4. The molecule has 2 amide bonds. The van der Waals surface area contributed by atoms with Gasteiger partial charge >= 0.3 is 6.03 Å². The molecule has 2 aliphatic heterocycles. The Morgan fingerprint density at radius 1 is 1.18 bits per heavy atom. The number of urea groups is 1. The number of piperidine rings is 2. The minimum Gasteiger partial charge on any atom is -0.396 e. The van der Waals surface area contributed by atoms with E-state index in [4.69, 9.17) is 0 Å². The molecule has 3 N–H and O–H groups in total. The lowest BCUT2D eigenvalue weighted by Gasteiger charge is -2.49. The van der Waals surface area contributed by atoms with Crippen molar-refractivity contribution < 1.29 is 9.90 Å². The van der Waals surface area contributed by atoms with Crippen molar-refractivity contribution in [2.45, 2.75) is 57.4 Å². The molecule has 1 spiro atoms. The predicted molar refractivity (Wildman–Crippen MR) is 86.7 cm³/mol. The zero-order valence-corrected chi connectivity index (χ0v) is 13.6. The molecule has 0 bridgehead atoms. The Hall–Kier alpha value is -0.810. The number of carbonyl (C=O) groups excluding carboxylic acids is 1. The molecule has 126 valence electrons. The fourth-order valence-electron chi connectivity index (χ4n) is 4.62. The molecule has 0 unspecified atom stereocenters. The monoisotopic (exact) mass is 309 g/mol. The summed E-state index contributed by atoms with van der Waals surface area (Å²) in [5.41, 5.74) is 0.252. The molecule has 2 saturated heterocycles. The highest BCUT2D eigenvalue weighted by molar-refractivity contribution is 5.74. The van der Waals surface area contributed by atoms with E-state index < -0.39 is 0 Å². The number of hydrogen-bond donors (Lipinski definition) is 3. The van der Waals surface area contributed by atoms with Crippen LogP contribution in [0.5, 0.6) is 0 Å². The van der Waals surface area contributed by atoms with Crippen LogP contribution in [0.2, 0.25) is 0 Å². The summed E-state index contributed by atoms with van der Waals surface area (Å²) in [6, 6.07) is 0.525. The van der Waals surface area contributed by atoms with Gasteiger partial charge in [0, 0.05) is 38.2 Å². The van der Waals surface area contributed by atoms with Gasteiger partial charge in [-0.25, -0.2) is 4.79 Å². The van der Waals surface area contributed by atoms with Crippen molar-refractivity contribution in [1.82, 2.24) is 15.5 Å². The van der Waals surface area contributed by atoms with Crippen LogP contribution in [0.3, 0.4) is 0 Å². The van der Waals surface area contributed by atoms with Crippen molar-refractivity contribution in [3.05, 3.63) is 0 Å². The molecule has 1 saturated carbocycles. The molecule has 1 aliphatic carbocycles. The summed E-state index contributed by atoms with van der Waals surface area (Å²) in [4.78, 5) is 14.4. The first kappa shape index (κ1) is 16.1. The predicted octanol–water partition coefficient (Wildman–Crippen LogP) is 1.71. The van der Waals surface area contributed by atoms with Crippen LogP contribution in [0.4, 0.5) is 4.79 Å². The lowest BCUT2D eigenvalue weighted by Crippen LogP contribution is -2.55. The molecule has 3 fully saturated rings. The number of rotatable bonds is 2. The number of nitrogens with one attached hydrogen (secondary N) is 2. The Morgan fingerprint density at radius 3 is 2.59 bits per heavy atom. The normalized spacial score (nSPS) is 29.5. The number of amides is 2. The second kappa shape index (κ2) is 7.18. The number of hydrogen-bond acceptors (Lipinski definition) is 3. The highest BCUT2D eigenvalue weighted by Crippen LogP contribution is 2.43. The third kappa shape index (κ3) is 3.40. The van der Waals surface area contributed by atoms with E-state index in [1.54, 1.807) is 0 Å². The summed E-state index contributed by atoms with van der Waals surface area (Å²) in [6.07, 6.45) is 9.31. The van der Waals surface area contributed by atoms with Crippen LogP contribution < -0.4 is 10.6 Å². The van der Waals surface area contributed by atoms with Crippen LogP contribution in [0.15, 0.2) is 0 Å². The van der Waals surface area contributed by atoms with Gasteiger partial charge in [0.2, 0.25) is 0 Å². The van der Waals surface area contributed by atoms with Crippen molar-refractivity contribution in [2.24, 2.45) is 11.3 Å². The molecule has 0 radical (unpaired) electrons. The highest BCUT2D eigenvalue weighted by Gasteiger charge is 2.43. The molecule has 3 rings (SSSR count). The van der Waals surface area contributed by atoms with Crippen LogP contribution in [-0.2, 0) is 0 Å². The van der Waals surface area contributed by atoms with Crippen molar-refractivity contribution >= 4 is 6.03 Å². The van der Waals surface area contributed by atoms with Gasteiger partial charge in [0.25, 0.3) is 0 Å². The molecule has 0 aromatic carbocycles. The Bertz CT molecular complexity index is 374. The van der Waals surface area contributed by atoms with Gasteiger partial charge in [-0.3, -0.25) is 0 Å². The molecule has 0 aromatic heterocycles. The standard InChI is InChI=1S/C17H31N3O2/c21-13-14-12-18-9-6-17(14)7-10-20(11-8-17)16(22)19-15-4-2-1-3-5-15/h14-15,18,21H,1-13H2,(H,19,22)/t14-/m1/s1. The van der Waals surface area contributed by atoms with Gasteiger partial charge in [-0.1, -0.05) is 19.3 Å². The Balaban J connectivity index is 1.51. The molecule has 5 heteroatoms. The topological polar surface area (TPSA) is 64.6 Å². The second-order valence-electron chi connectivity index (χ2n) is 7.47. The van der Waals surface area contributed by atoms with Gasteiger partial charge in [0.1, 0.15) is 0 Å². The summed E-state index contributed by atoms with van der Waals surface area (Å²) in [5.74, 6) is 0.352. The summed E-state index contributed by atoms with van der Waals surface area (Å²) in [7, 11) is 0. The maximum absolute atomic E-state index is 12.4. The third-order valence-corrected chi connectivity index (χ3v) is 6.26. The molecule has 1 atom stereocenters. The summed E-state index contributed by atoms with van der Waals surface area (Å²) >= 11 is 0. The quantitative estimate of drug-likeness (QED) is 0.727. The number of aliphatic hydroxyl groups excluding tert-OH is 1. The first-order chi connectivity index (χ1) is 10.7.